The van der Waals surface area contributed by atoms with E-state index in [1.165, 1.54) is 36.1 Å². The molecule has 1 atom stereocenters. The summed E-state index contributed by atoms with van der Waals surface area (Å²) in [6.45, 7) is 0.859. The summed E-state index contributed by atoms with van der Waals surface area (Å²) in [7, 11) is 1.66. The Hall–Kier alpha value is -1.39. The predicted octanol–water partition coefficient (Wildman–Crippen LogP) is 4.17. The Labute approximate surface area is 130 Å². The smallest absolute Gasteiger partial charge is 0.213 e. The minimum atomic E-state index is 0.478. The quantitative estimate of drug-likeness (QED) is 0.869. The van der Waals surface area contributed by atoms with Crippen LogP contribution in [0.2, 0.25) is 0 Å². The van der Waals surface area contributed by atoms with Crippen LogP contribution in [0.3, 0.4) is 0 Å². The lowest BCUT2D eigenvalue weighted by Crippen LogP contribution is -2.26. The van der Waals surface area contributed by atoms with E-state index in [-0.39, 0.29) is 0 Å². The first-order chi connectivity index (χ1) is 10.4. The van der Waals surface area contributed by atoms with Crippen LogP contribution in [0.25, 0.3) is 0 Å². The van der Waals surface area contributed by atoms with E-state index in [4.69, 9.17) is 4.74 Å². The van der Waals surface area contributed by atoms with Crippen molar-refractivity contribution < 1.29 is 4.74 Å². The van der Waals surface area contributed by atoms with E-state index in [0.29, 0.717) is 11.9 Å². The molecule has 1 aliphatic rings. The Morgan fingerprint density at radius 3 is 2.95 bits per heavy atom. The molecule has 4 heteroatoms. The molecule has 2 heterocycles. The zero-order valence-electron chi connectivity index (χ0n) is 12.4. The maximum Gasteiger partial charge on any atom is 0.213 e. The minimum absolute atomic E-state index is 0.478. The largest absolute Gasteiger partial charge is 0.481 e. The molecular weight excluding hydrogens is 280 g/mol. The summed E-state index contributed by atoms with van der Waals surface area (Å²) in [6, 6.07) is 8.95. The van der Waals surface area contributed by atoms with Gasteiger partial charge in [-0.1, -0.05) is 18.9 Å². The summed E-state index contributed by atoms with van der Waals surface area (Å²) in [5, 5.41) is 5.93. The van der Waals surface area contributed by atoms with Crippen LogP contribution in [0.5, 0.6) is 5.88 Å². The summed E-state index contributed by atoms with van der Waals surface area (Å²) < 4.78 is 5.20. The van der Waals surface area contributed by atoms with Gasteiger partial charge in [0.2, 0.25) is 5.88 Å². The van der Waals surface area contributed by atoms with Crippen molar-refractivity contribution in [3.05, 3.63) is 46.3 Å². The zero-order valence-corrected chi connectivity index (χ0v) is 13.2. The lowest BCUT2D eigenvalue weighted by Gasteiger charge is -2.24. The van der Waals surface area contributed by atoms with Crippen molar-refractivity contribution in [2.75, 3.05) is 7.11 Å². The first kappa shape index (κ1) is 14.5. The van der Waals surface area contributed by atoms with Crippen molar-refractivity contribution in [1.29, 1.82) is 0 Å². The predicted molar refractivity (Wildman–Crippen MR) is 86.6 cm³/mol. The van der Waals surface area contributed by atoms with Crippen molar-refractivity contribution in [2.24, 2.45) is 5.92 Å². The second kappa shape index (κ2) is 7.05. The highest BCUT2D eigenvalue weighted by Gasteiger charge is 2.26. The number of pyridine rings is 1. The average Bonchev–Trinajstić information content (AvgIpc) is 3.21. The van der Waals surface area contributed by atoms with Gasteiger partial charge in [-0.05, 0) is 41.8 Å². The second-order valence-electron chi connectivity index (χ2n) is 5.62. The van der Waals surface area contributed by atoms with Gasteiger partial charge in [-0.3, -0.25) is 0 Å². The molecule has 0 bridgehead atoms. The molecule has 1 saturated carbocycles. The molecule has 112 valence electrons. The SMILES string of the molecule is COc1cc(CNC(c2cccs2)C2CCCC2)ccn1. The van der Waals surface area contributed by atoms with Crippen LogP contribution in [0, 0.1) is 5.92 Å². The van der Waals surface area contributed by atoms with Crippen LogP contribution < -0.4 is 10.1 Å². The molecule has 3 rings (SSSR count). The number of nitrogens with zero attached hydrogens (tertiary/aromatic N) is 1. The topological polar surface area (TPSA) is 34.1 Å². The molecule has 0 aromatic carbocycles. The molecule has 0 amide bonds. The Kier molecular flexibility index (Phi) is 4.88. The molecule has 0 radical (unpaired) electrons. The van der Waals surface area contributed by atoms with Gasteiger partial charge in [0, 0.05) is 29.7 Å². The summed E-state index contributed by atoms with van der Waals surface area (Å²) in [5.41, 5.74) is 1.22. The van der Waals surface area contributed by atoms with Crippen LogP contribution in [-0.2, 0) is 6.54 Å². The number of aromatic nitrogens is 1. The standard InChI is InChI=1S/C17H22N2OS/c1-20-16-11-13(8-9-18-16)12-19-17(14-5-2-3-6-14)15-7-4-10-21-15/h4,7-11,14,17,19H,2-3,5-6,12H2,1H3. The molecule has 1 fully saturated rings. The van der Waals surface area contributed by atoms with Crippen molar-refractivity contribution in [2.45, 2.75) is 38.3 Å². The fourth-order valence-electron chi connectivity index (χ4n) is 3.16. The van der Waals surface area contributed by atoms with Gasteiger partial charge in [0.15, 0.2) is 0 Å². The highest BCUT2D eigenvalue weighted by molar-refractivity contribution is 7.10. The van der Waals surface area contributed by atoms with Crippen LogP contribution >= 0.6 is 11.3 Å². The number of nitrogens with one attached hydrogen (secondary N) is 1. The van der Waals surface area contributed by atoms with Gasteiger partial charge in [0.05, 0.1) is 7.11 Å². The first-order valence-electron chi connectivity index (χ1n) is 7.62. The summed E-state index contributed by atoms with van der Waals surface area (Å²) >= 11 is 1.86. The van der Waals surface area contributed by atoms with E-state index < -0.39 is 0 Å². The van der Waals surface area contributed by atoms with Crippen LogP contribution in [0.1, 0.15) is 42.2 Å². The lowest BCUT2D eigenvalue weighted by atomic mass is 9.96. The number of hydrogen-bond donors (Lipinski definition) is 1. The molecule has 0 spiro atoms. The van der Waals surface area contributed by atoms with E-state index in [2.05, 4.69) is 33.9 Å². The summed E-state index contributed by atoms with van der Waals surface area (Å²) in [5.74, 6) is 1.45. The molecule has 1 aliphatic carbocycles. The van der Waals surface area contributed by atoms with Gasteiger partial charge >= 0.3 is 0 Å². The summed E-state index contributed by atoms with van der Waals surface area (Å²) in [6.07, 6.45) is 7.24. The van der Waals surface area contributed by atoms with E-state index in [9.17, 15) is 0 Å². The van der Waals surface area contributed by atoms with Gasteiger partial charge < -0.3 is 10.1 Å². The number of ether oxygens (including phenoxy) is 1. The second-order valence-corrected chi connectivity index (χ2v) is 6.60. The summed E-state index contributed by atoms with van der Waals surface area (Å²) in [4.78, 5) is 5.63. The molecule has 21 heavy (non-hydrogen) atoms. The molecule has 2 aromatic rings. The van der Waals surface area contributed by atoms with Gasteiger partial charge in [0.1, 0.15) is 0 Å². The minimum Gasteiger partial charge on any atom is -0.481 e. The van der Waals surface area contributed by atoms with Crippen LogP contribution in [0.4, 0.5) is 0 Å². The third-order valence-electron chi connectivity index (χ3n) is 4.26. The van der Waals surface area contributed by atoms with Gasteiger partial charge in [-0.25, -0.2) is 4.98 Å². The Balaban J connectivity index is 1.69. The molecule has 0 aliphatic heterocycles. The monoisotopic (exact) mass is 302 g/mol. The van der Waals surface area contributed by atoms with Crippen molar-refractivity contribution in [3.8, 4) is 5.88 Å². The molecule has 3 nitrogen and oxygen atoms in total. The molecular formula is C17H22N2OS. The van der Waals surface area contributed by atoms with Gasteiger partial charge in [0.25, 0.3) is 0 Å². The van der Waals surface area contributed by atoms with E-state index in [0.717, 1.165) is 12.5 Å². The molecule has 1 unspecified atom stereocenters. The maximum atomic E-state index is 5.20. The Bertz CT molecular complexity index is 550. The van der Waals surface area contributed by atoms with Crippen molar-refractivity contribution >= 4 is 11.3 Å². The molecule has 0 saturated heterocycles. The van der Waals surface area contributed by atoms with E-state index in [1.54, 1.807) is 7.11 Å². The van der Waals surface area contributed by atoms with Crippen molar-refractivity contribution in [3.63, 3.8) is 0 Å². The molecule has 2 aromatic heterocycles. The Morgan fingerprint density at radius 2 is 2.24 bits per heavy atom. The van der Waals surface area contributed by atoms with Crippen LogP contribution in [0.15, 0.2) is 35.8 Å². The van der Waals surface area contributed by atoms with E-state index >= 15 is 0 Å². The van der Waals surface area contributed by atoms with Crippen LogP contribution in [-0.4, -0.2) is 12.1 Å². The van der Waals surface area contributed by atoms with E-state index in [1.807, 2.05) is 23.6 Å². The van der Waals surface area contributed by atoms with Crippen molar-refractivity contribution in [1.82, 2.24) is 10.3 Å². The lowest BCUT2D eigenvalue weighted by molar-refractivity contribution is 0.369. The maximum absolute atomic E-state index is 5.20. The highest BCUT2D eigenvalue weighted by atomic mass is 32.1. The zero-order chi connectivity index (χ0) is 14.5. The average molecular weight is 302 g/mol. The third-order valence-corrected chi connectivity index (χ3v) is 5.21. The normalized spacial score (nSPS) is 17.0. The first-order valence-corrected chi connectivity index (χ1v) is 8.50. The Morgan fingerprint density at radius 1 is 1.38 bits per heavy atom. The third kappa shape index (κ3) is 3.63. The van der Waals surface area contributed by atoms with Gasteiger partial charge in [-0.15, -0.1) is 11.3 Å². The molecule has 1 N–H and O–H groups in total. The van der Waals surface area contributed by atoms with Gasteiger partial charge in [-0.2, -0.15) is 0 Å². The highest BCUT2D eigenvalue weighted by Crippen LogP contribution is 2.37. The number of rotatable bonds is 6. The fraction of sp³-hybridized carbons (Fsp3) is 0.471. The fourth-order valence-corrected chi connectivity index (χ4v) is 4.05. The number of hydrogen-bond acceptors (Lipinski definition) is 4. The number of thiophene rings is 1. The number of methoxy groups -OCH3 is 1.